The van der Waals surface area contributed by atoms with E-state index in [1.165, 1.54) is 11.8 Å². The first kappa shape index (κ1) is 17.1. The number of aryl methyl sites for hydroxylation is 1. The van der Waals surface area contributed by atoms with Crippen molar-refractivity contribution in [3.05, 3.63) is 58.3 Å². The van der Waals surface area contributed by atoms with E-state index in [0.717, 1.165) is 15.6 Å². The minimum atomic E-state index is -0.226. The van der Waals surface area contributed by atoms with Crippen LogP contribution in [0.3, 0.4) is 0 Å². The molecule has 0 radical (unpaired) electrons. The molecule has 0 aliphatic carbocycles. The van der Waals surface area contributed by atoms with E-state index in [2.05, 4.69) is 26.2 Å². The second kappa shape index (κ2) is 7.87. The summed E-state index contributed by atoms with van der Waals surface area (Å²) in [5.41, 5.74) is 2.67. The first-order valence-corrected chi connectivity index (χ1v) is 7.95. The van der Waals surface area contributed by atoms with Crippen LogP contribution in [0.15, 0.2) is 47.2 Å². The molecule has 1 heterocycles. The Labute approximate surface area is 143 Å². The SMILES string of the molecule is CC(=O)N(CC(=O)Nc1ccc(Br)c(C)c1)Cc1ccncc1. The van der Waals surface area contributed by atoms with Gasteiger partial charge in [-0.2, -0.15) is 0 Å². The lowest BCUT2D eigenvalue weighted by atomic mass is 10.2. The van der Waals surface area contributed by atoms with Gasteiger partial charge in [-0.3, -0.25) is 14.6 Å². The Morgan fingerprint density at radius 3 is 2.52 bits per heavy atom. The van der Waals surface area contributed by atoms with E-state index in [9.17, 15) is 9.59 Å². The molecule has 0 aliphatic rings. The van der Waals surface area contributed by atoms with Gasteiger partial charge in [-0.15, -0.1) is 0 Å². The van der Waals surface area contributed by atoms with Crippen molar-refractivity contribution in [2.24, 2.45) is 0 Å². The summed E-state index contributed by atoms with van der Waals surface area (Å²) in [6, 6.07) is 9.22. The fourth-order valence-electron chi connectivity index (χ4n) is 2.08. The molecule has 2 aromatic rings. The van der Waals surface area contributed by atoms with E-state index >= 15 is 0 Å². The van der Waals surface area contributed by atoms with E-state index in [-0.39, 0.29) is 18.4 Å². The zero-order valence-corrected chi connectivity index (χ0v) is 14.6. The summed E-state index contributed by atoms with van der Waals surface area (Å²) >= 11 is 3.42. The van der Waals surface area contributed by atoms with E-state index in [1.807, 2.05) is 37.3 Å². The summed E-state index contributed by atoms with van der Waals surface area (Å²) in [5.74, 6) is -0.375. The zero-order valence-electron chi connectivity index (χ0n) is 13.0. The number of rotatable bonds is 5. The van der Waals surface area contributed by atoms with Gasteiger partial charge in [0.25, 0.3) is 0 Å². The van der Waals surface area contributed by atoms with Crippen LogP contribution in [0.5, 0.6) is 0 Å². The average Bonchev–Trinajstić information content (AvgIpc) is 2.51. The van der Waals surface area contributed by atoms with Crippen LogP contribution in [0.25, 0.3) is 0 Å². The maximum absolute atomic E-state index is 12.2. The molecule has 0 atom stereocenters. The van der Waals surface area contributed by atoms with Crippen LogP contribution in [-0.4, -0.2) is 28.2 Å². The molecule has 0 bridgehead atoms. The Bertz CT molecular complexity index is 704. The van der Waals surface area contributed by atoms with Crippen LogP contribution in [0.2, 0.25) is 0 Å². The van der Waals surface area contributed by atoms with E-state index in [4.69, 9.17) is 0 Å². The highest BCUT2D eigenvalue weighted by molar-refractivity contribution is 9.10. The molecule has 0 unspecified atom stereocenters. The maximum Gasteiger partial charge on any atom is 0.244 e. The molecule has 1 N–H and O–H groups in total. The third kappa shape index (κ3) is 5.17. The first-order chi connectivity index (χ1) is 11.0. The maximum atomic E-state index is 12.2. The molecule has 1 aromatic carbocycles. The number of pyridine rings is 1. The number of aromatic nitrogens is 1. The summed E-state index contributed by atoms with van der Waals surface area (Å²) in [6.45, 7) is 3.79. The van der Waals surface area contributed by atoms with Crippen LogP contribution < -0.4 is 5.32 Å². The number of nitrogens with zero attached hydrogens (tertiary/aromatic N) is 2. The van der Waals surface area contributed by atoms with Crippen LogP contribution in [0.4, 0.5) is 5.69 Å². The lowest BCUT2D eigenvalue weighted by Gasteiger charge is -2.20. The largest absolute Gasteiger partial charge is 0.329 e. The van der Waals surface area contributed by atoms with Crippen molar-refractivity contribution >= 4 is 33.4 Å². The van der Waals surface area contributed by atoms with E-state index in [1.54, 1.807) is 12.4 Å². The van der Waals surface area contributed by atoms with Gasteiger partial charge in [0, 0.05) is 36.0 Å². The number of hydrogen-bond acceptors (Lipinski definition) is 3. The van der Waals surface area contributed by atoms with Gasteiger partial charge in [-0.25, -0.2) is 0 Å². The average molecular weight is 376 g/mol. The smallest absolute Gasteiger partial charge is 0.244 e. The van der Waals surface area contributed by atoms with Crippen LogP contribution in [-0.2, 0) is 16.1 Å². The number of halogens is 1. The Hall–Kier alpha value is -2.21. The van der Waals surface area contributed by atoms with Gasteiger partial charge < -0.3 is 10.2 Å². The van der Waals surface area contributed by atoms with Crippen molar-refractivity contribution in [3.8, 4) is 0 Å². The molecule has 6 heteroatoms. The number of carbonyl (C=O) groups excluding carboxylic acids is 2. The highest BCUT2D eigenvalue weighted by Gasteiger charge is 2.14. The third-order valence-corrected chi connectivity index (χ3v) is 4.23. The van der Waals surface area contributed by atoms with Crippen LogP contribution >= 0.6 is 15.9 Å². The summed E-state index contributed by atoms with van der Waals surface area (Å²) in [7, 11) is 0. The highest BCUT2D eigenvalue weighted by Crippen LogP contribution is 2.20. The van der Waals surface area contributed by atoms with Crippen molar-refractivity contribution in [3.63, 3.8) is 0 Å². The van der Waals surface area contributed by atoms with E-state index < -0.39 is 0 Å². The second-order valence-corrected chi connectivity index (χ2v) is 6.10. The normalized spacial score (nSPS) is 10.2. The molecule has 120 valence electrons. The second-order valence-electron chi connectivity index (χ2n) is 5.24. The molecule has 2 rings (SSSR count). The van der Waals surface area contributed by atoms with Gasteiger partial charge >= 0.3 is 0 Å². The summed E-state index contributed by atoms with van der Waals surface area (Å²) < 4.78 is 0.985. The molecule has 0 spiro atoms. The van der Waals surface area contributed by atoms with Crippen LogP contribution in [0, 0.1) is 6.92 Å². The number of carbonyl (C=O) groups is 2. The lowest BCUT2D eigenvalue weighted by Crippen LogP contribution is -2.36. The molecule has 0 saturated heterocycles. The van der Waals surface area contributed by atoms with Gasteiger partial charge in [0.1, 0.15) is 6.54 Å². The Kier molecular flexibility index (Phi) is 5.87. The monoisotopic (exact) mass is 375 g/mol. The predicted octanol–water partition coefficient (Wildman–Crippen LogP) is 3.14. The molecule has 2 amide bonds. The molecular formula is C17H18BrN3O2. The van der Waals surface area contributed by atoms with Gasteiger partial charge in [0.05, 0.1) is 0 Å². The third-order valence-electron chi connectivity index (χ3n) is 3.34. The standard InChI is InChI=1S/C17H18BrN3O2/c1-12-9-15(3-4-16(12)18)20-17(23)11-21(13(2)22)10-14-5-7-19-8-6-14/h3-9H,10-11H2,1-2H3,(H,20,23). The quantitative estimate of drug-likeness (QED) is 0.872. The molecular weight excluding hydrogens is 358 g/mol. The minimum absolute atomic E-state index is 0.00671. The molecule has 1 aromatic heterocycles. The number of anilines is 1. The van der Waals surface area contributed by atoms with Crippen molar-refractivity contribution < 1.29 is 9.59 Å². The Morgan fingerprint density at radius 2 is 1.91 bits per heavy atom. The van der Waals surface area contributed by atoms with E-state index in [0.29, 0.717) is 12.2 Å². The van der Waals surface area contributed by atoms with Crippen molar-refractivity contribution in [2.75, 3.05) is 11.9 Å². The topological polar surface area (TPSA) is 62.3 Å². The highest BCUT2D eigenvalue weighted by atomic mass is 79.9. The predicted molar refractivity (Wildman–Crippen MR) is 92.8 cm³/mol. The molecule has 0 saturated carbocycles. The van der Waals surface area contributed by atoms with Gasteiger partial charge in [0.15, 0.2) is 0 Å². The fraction of sp³-hybridized carbons (Fsp3) is 0.235. The van der Waals surface area contributed by atoms with Gasteiger partial charge in [-0.05, 0) is 48.4 Å². The molecule has 0 aliphatic heterocycles. The van der Waals surface area contributed by atoms with Crippen molar-refractivity contribution in [1.29, 1.82) is 0 Å². The summed E-state index contributed by atoms with van der Waals surface area (Å²) in [5, 5.41) is 2.82. The Morgan fingerprint density at radius 1 is 1.22 bits per heavy atom. The summed E-state index contributed by atoms with van der Waals surface area (Å²) in [6.07, 6.45) is 3.33. The first-order valence-electron chi connectivity index (χ1n) is 7.16. The zero-order chi connectivity index (χ0) is 16.8. The minimum Gasteiger partial charge on any atom is -0.329 e. The fourth-order valence-corrected chi connectivity index (χ4v) is 2.33. The number of nitrogens with one attached hydrogen (secondary N) is 1. The number of hydrogen-bond donors (Lipinski definition) is 1. The lowest BCUT2D eigenvalue weighted by molar-refractivity contribution is -0.133. The van der Waals surface area contributed by atoms with Crippen LogP contribution in [0.1, 0.15) is 18.1 Å². The molecule has 23 heavy (non-hydrogen) atoms. The Balaban J connectivity index is 2.00. The van der Waals surface area contributed by atoms with Crippen molar-refractivity contribution in [2.45, 2.75) is 20.4 Å². The van der Waals surface area contributed by atoms with Gasteiger partial charge in [-0.1, -0.05) is 15.9 Å². The van der Waals surface area contributed by atoms with Crippen molar-refractivity contribution in [1.82, 2.24) is 9.88 Å². The number of amides is 2. The van der Waals surface area contributed by atoms with Gasteiger partial charge in [0.2, 0.25) is 11.8 Å². The summed E-state index contributed by atoms with van der Waals surface area (Å²) in [4.78, 5) is 29.4. The molecule has 5 nitrogen and oxygen atoms in total. The number of benzene rings is 1. The molecule has 0 fully saturated rings.